The van der Waals surface area contributed by atoms with Crippen molar-refractivity contribution in [3.05, 3.63) is 0 Å². The van der Waals surface area contributed by atoms with Crippen molar-refractivity contribution in [2.45, 2.75) is 44.7 Å². The molecular formula is C14H25N3O2. The van der Waals surface area contributed by atoms with E-state index in [-0.39, 0.29) is 23.9 Å². The summed E-state index contributed by atoms with van der Waals surface area (Å²) >= 11 is 0. The van der Waals surface area contributed by atoms with Crippen molar-refractivity contribution in [2.75, 3.05) is 33.7 Å². The molecule has 0 spiro atoms. The molecule has 0 aromatic heterocycles. The van der Waals surface area contributed by atoms with Gasteiger partial charge in [0, 0.05) is 13.1 Å². The molecule has 2 saturated heterocycles. The fourth-order valence-corrected chi connectivity index (χ4v) is 3.18. The first-order valence-electron chi connectivity index (χ1n) is 7.32. The number of hydrogen-bond donors (Lipinski definition) is 0. The topological polar surface area (TPSA) is 43.9 Å². The number of hydrogen-bond acceptors (Lipinski definition) is 3. The highest BCUT2D eigenvalue weighted by Gasteiger charge is 2.46. The van der Waals surface area contributed by atoms with E-state index < -0.39 is 0 Å². The van der Waals surface area contributed by atoms with E-state index in [0.29, 0.717) is 6.54 Å². The Hall–Kier alpha value is -1.10. The molecule has 0 radical (unpaired) electrons. The largest absolute Gasteiger partial charge is 0.329 e. The molecule has 0 bridgehead atoms. The third-order valence-electron chi connectivity index (χ3n) is 4.16. The summed E-state index contributed by atoms with van der Waals surface area (Å²) in [6.07, 6.45) is 3.44. The number of carbonyl (C=O) groups excluding carboxylic acids is 2. The third-order valence-corrected chi connectivity index (χ3v) is 4.16. The molecule has 2 rings (SSSR count). The summed E-state index contributed by atoms with van der Waals surface area (Å²) in [4.78, 5) is 30.7. The summed E-state index contributed by atoms with van der Waals surface area (Å²) in [5, 5.41) is 0. The first-order valence-corrected chi connectivity index (χ1v) is 7.32. The summed E-state index contributed by atoms with van der Waals surface area (Å²) in [5.41, 5.74) is 0. The fourth-order valence-electron chi connectivity index (χ4n) is 3.18. The maximum Gasteiger partial charge on any atom is 0.246 e. The molecule has 0 saturated carbocycles. The molecule has 2 heterocycles. The molecule has 0 aliphatic carbocycles. The van der Waals surface area contributed by atoms with Gasteiger partial charge in [0.25, 0.3) is 0 Å². The van der Waals surface area contributed by atoms with Gasteiger partial charge in [0.2, 0.25) is 11.8 Å². The van der Waals surface area contributed by atoms with Gasteiger partial charge in [0.1, 0.15) is 12.1 Å². The molecule has 2 amide bonds. The lowest BCUT2D eigenvalue weighted by atomic mass is 10.0. The van der Waals surface area contributed by atoms with Crippen molar-refractivity contribution < 1.29 is 9.59 Å². The molecule has 5 nitrogen and oxygen atoms in total. The Morgan fingerprint density at radius 1 is 1.26 bits per heavy atom. The SMILES string of the molecule is CCC1C(=O)N2CCCC2C(=O)N1CCCN(C)C. The molecule has 0 aromatic rings. The smallest absolute Gasteiger partial charge is 0.246 e. The van der Waals surface area contributed by atoms with Crippen LogP contribution >= 0.6 is 0 Å². The van der Waals surface area contributed by atoms with Crippen molar-refractivity contribution >= 4 is 11.8 Å². The third kappa shape index (κ3) is 2.76. The maximum absolute atomic E-state index is 12.5. The Morgan fingerprint density at radius 2 is 2.00 bits per heavy atom. The predicted octanol–water partition coefficient (Wildman–Crippen LogP) is 0.550. The van der Waals surface area contributed by atoms with E-state index in [1.54, 1.807) is 4.90 Å². The minimum atomic E-state index is -0.232. The van der Waals surface area contributed by atoms with Crippen molar-refractivity contribution in [3.63, 3.8) is 0 Å². The number of carbonyl (C=O) groups is 2. The number of rotatable bonds is 5. The zero-order valence-corrected chi connectivity index (χ0v) is 12.3. The van der Waals surface area contributed by atoms with Crippen LogP contribution in [0.5, 0.6) is 0 Å². The molecule has 2 aliphatic rings. The monoisotopic (exact) mass is 267 g/mol. The zero-order chi connectivity index (χ0) is 14.0. The highest BCUT2D eigenvalue weighted by Crippen LogP contribution is 2.28. The molecule has 108 valence electrons. The standard InChI is InChI=1S/C14H25N3O2/c1-4-11-13(18)17-9-5-7-12(17)14(19)16(11)10-6-8-15(2)3/h11-12H,4-10H2,1-3H3. The molecular weight excluding hydrogens is 242 g/mol. The van der Waals surface area contributed by atoms with Gasteiger partial charge in [0.05, 0.1) is 0 Å². The van der Waals surface area contributed by atoms with E-state index in [1.807, 2.05) is 25.9 Å². The molecule has 5 heteroatoms. The van der Waals surface area contributed by atoms with E-state index in [2.05, 4.69) is 4.90 Å². The van der Waals surface area contributed by atoms with Crippen LogP contribution in [0.4, 0.5) is 0 Å². The van der Waals surface area contributed by atoms with Crippen LogP contribution in [0.25, 0.3) is 0 Å². The van der Waals surface area contributed by atoms with E-state index >= 15 is 0 Å². The van der Waals surface area contributed by atoms with Crippen LogP contribution in [-0.2, 0) is 9.59 Å². The minimum Gasteiger partial charge on any atom is -0.329 e. The molecule has 0 N–H and O–H groups in total. The Morgan fingerprint density at radius 3 is 2.63 bits per heavy atom. The van der Waals surface area contributed by atoms with Gasteiger partial charge in [-0.2, -0.15) is 0 Å². The molecule has 2 fully saturated rings. The van der Waals surface area contributed by atoms with E-state index in [9.17, 15) is 9.59 Å². The Balaban J connectivity index is 2.06. The quantitative estimate of drug-likeness (QED) is 0.730. The van der Waals surface area contributed by atoms with Gasteiger partial charge < -0.3 is 14.7 Å². The Bertz CT molecular complexity index is 357. The van der Waals surface area contributed by atoms with Crippen molar-refractivity contribution in [1.29, 1.82) is 0 Å². The van der Waals surface area contributed by atoms with Gasteiger partial charge in [-0.15, -0.1) is 0 Å². The van der Waals surface area contributed by atoms with Crippen LogP contribution in [0.15, 0.2) is 0 Å². The molecule has 0 aromatic carbocycles. The van der Waals surface area contributed by atoms with Crippen LogP contribution < -0.4 is 0 Å². The molecule has 2 atom stereocenters. The first-order chi connectivity index (χ1) is 9.06. The second kappa shape index (κ2) is 5.90. The van der Waals surface area contributed by atoms with E-state index in [4.69, 9.17) is 0 Å². The first kappa shape index (κ1) is 14.3. The van der Waals surface area contributed by atoms with Crippen LogP contribution in [0.2, 0.25) is 0 Å². The summed E-state index contributed by atoms with van der Waals surface area (Å²) in [7, 11) is 4.05. The second-order valence-electron chi connectivity index (χ2n) is 5.80. The Kier molecular flexibility index (Phi) is 4.45. The number of nitrogens with zero attached hydrogens (tertiary/aromatic N) is 3. The number of fused-ring (bicyclic) bond motifs is 1. The van der Waals surface area contributed by atoms with Gasteiger partial charge >= 0.3 is 0 Å². The van der Waals surface area contributed by atoms with Gasteiger partial charge in [0.15, 0.2) is 0 Å². The van der Waals surface area contributed by atoms with Crippen molar-refractivity contribution in [3.8, 4) is 0 Å². The zero-order valence-electron chi connectivity index (χ0n) is 12.3. The average Bonchev–Trinajstić information content (AvgIpc) is 2.84. The van der Waals surface area contributed by atoms with Crippen LogP contribution in [-0.4, -0.2) is 72.3 Å². The Labute approximate surface area is 115 Å². The van der Waals surface area contributed by atoms with E-state index in [0.717, 1.165) is 38.8 Å². The summed E-state index contributed by atoms with van der Waals surface area (Å²) in [6.45, 7) is 4.40. The summed E-state index contributed by atoms with van der Waals surface area (Å²) in [5.74, 6) is 0.331. The lowest BCUT2D eigenvalue weighted by Gasteiger charge is -2.42. The van der Waals surface area contributed by atoms with Crippen molar-refractivity contribution in [1.82, 2.24) is 14.7 Å². The molecule has 19 heavy (non-hydrogen) atoms. The second-order valence-corrected chi connectivity index (χ2v) is 5.80. The molecule has 2 aliphatic heterocycles. The van der Waals surface area contributed by atoms with E-state index in [1.165, 1.54) is 0 Å². The highest BCUT2D eigenvalue weighted by atomic mass is 16.2. The fraction of sp³-hybridized carbons (Fsp3) is 0.857. The maximum atomic E-state index is 12.5. The number of piperazine rings is 1. The lowest BCUT2D eigenvalue weighted by Crippen LogP contribution is -2.62. The van der Waals surface area contributed by atoms with Gasteiger partial charge in [-0.25, -0.2) is 0 Å². The lowest BCUT2D eigenvalue weighted by molar-refractivity contribution is -0.159. The van der Waals surface area contributed by atoms with Crippen molar-refractivity contribution in [2.24, 2.45) is 0 Å². The van der Waals surface area contributed by atoms with Crippen LogP contribution in [0, 0.1) is 0 Å². The average molecular weight is 267 g/mol. The highest BCUT2D eigenvalue weighted by molar-refractivity contribution is 5.97. The summed E-state index contributed by atoms with van der Waals surface area (Å²) < 4.78 is 0. The minimum absolute atomic E-state index is 0.162. The summed E-state index contributed by atoms with van der Waals surface area (Å²) in [6, 6.07) is -0.404. The molecule has 2 unspecified atom stereocenters. The van der Waals surface area contributed by atoms with Gasteiger partial charge in [-0.3, -0.25) is 9.59 Å². The normalized spacial score (nSPS) is 27.4. The van der Waals surface area contributed by atoms with Gasteiger partial charge in [-0.1, -0.05) is 6.92 Å². The van der Waals surface area contributed by atoms with Crippen LogP contribution in [0.3, 0.4) is 0 Å². The number of amides is 2. The van der Waals surface area contributed by atoms with Gasteiger partial charge in [-0.05, 0) is 46.3 Å². The van der Waals surface area contributed by atoms with Crippen LogP contribution in [0.1, 0.15) is 32.6 Å². The predicted molar refractivity (Wildman–Crippen MR) is 73.7 cm³/mol.